The van der Waals surface area contributed by atoms with Crippen molar-refractivity contribution in [2.24, 2.45) is 0 Å². The first kappa shape index (κ1) is 31.0. The van der Waals surface area contributed by atoms with Gasteiger partial charge in [0.15, 0.2) is 0 Å². The van der Waals surface area contributed by atoms with Crippen molar-refractivity contribution in [1.29, 1.82) is 0 Å². The molecule has 0 atom stereocenters. The Kier molecular flexibility index (Phi) is 8.00. The molecule has 4 aromatic rings. The largest absolute Gasteiger partial charge is 0.268 e. The fourth-order valence-corrected chi connectivity index (χ4v) is 9.87. The number of fused-ring (bicyclic) bond motifs is 2. The van der Waals surface area contributed by atoms with Crippen molar-refractivity contribution in [1.82, 2.24) is 0 Å². The second kappa shape index (κ2) is 11.1. The first-order valence-corrected chi connectivity index (χ1v) is 18.1. The minimum absolute atomic E-state index is 0.119. The molecule has 43 heavy (non-hydrogen) atoms. The number of benzene rings is 4. The lowest BCUT2D eigenvalue weighted by molar-refractivity contribution is 0.0910. The standard InChI is InChI=1S/C28H10Br6N2O6S/c29-15-5-3-13-21(23(15)33)27(39)35(25(13)37)11-1-7-19(17(31)9-11)43(41,42)20-8-2-12(10-18(20)32)36-26(38)14-4-6-16(30)24(34)22(14)28(36)40/h1-10H. The van der Waals surface area contributed by atoms with E-state index in [-0.39, 0.29) is 52.4 Å². The molecule has 0 radical (unpaired) electrons. The van der Waals surface area contributed by atoms with Crippen LogP contribution >= 0.6 is 95.6 Å². The molecule has 0 aliphatic carbocycles. The van der Waals surface area contributed by atoms with Crippen molar-refractivity contribution < 1.29 is 27.6 Å². The van der Waals surface area contributed by atoms with Crippen LogP contribution in [0.25, 0.3) is 0 Å². The number of amides is 4. The summed E-state index contributed by atoms with van der Waals surface area (Å²) in [5.74, 6) is -2.19. The summed E-state index contributed by atoms with van der Waals surface area (Å²) >= 11 is 20.0. The van der Waals surface area contributed by atoms with Crippen molar-refractivity contribution >= 4 is 140 Å². The Balaban J connectivity index is 1.33. The van der Waals surface area contributed by atoms with Crippen LogP contribution < -0.4 is 9.80 Å². The zero-order valence-electron chi connectivity index (χ0n) is 20.8. The van der Waals surface area contributed by atoms with Crippen LogP contribution in [-0.2, 0) is 9.84 Å². The summed E-state index contributed by atoms with van der Waals surface area (Å²) in [6, 6.07) is 14.5. The number of nitrogens with zero attached hydrogens (tertiary/aromatic N) is 2. The van der Waals surface area contributed by atoms with Crippen molar-refractivity contribution in [3.8, 4) is 0 Å². The number of imide groups is 2. The quantitative estimate of drug-likeness (QED) is 0.190. The third kappa shape index (κ3) is 4.77. The highest BCUT2D eigenvalue weighted by Gasteiger charge is 2.41. The van der Waals surface area contributed by atoms with Crippen molar-refractivity contribution in [3.63, 3.8) is 0 Å². The Morgan fingerprint density at radius 2 is 0.837 bits per heavy atom. The summed E-state index contributed by atoms with van der Waals surface area (Å²) in [7, 11) is -4.16. The molecule has 0 spiro atoms. The summed E-state index contributed by atoms with van der Waals surface area (Å²) in [6.45, 7) is 0. The van der Waals surface area contributed by atoms with Crippen molar-refractivity contribution in [2.75, 3.05) is 9.80 Å². The molecule has 4 amide bonds. The van der Waals surface area contributed by atoms with Gasteiger partial charge in [0.05, 0.1) is 43.4 Å². The number of anilines is 2. The second-order valence-corrected chi connectivity index (χ2v) is 16.1. The lowest BCUT2D eigenvalue weighted by Crippen LogP contribution is -2.29. The van der Waals surface area contributed by atoms with Gasteiger partial charge >= 0.3 is 0 Å². The van der Waals surface area contributed by atoms with Gasteiger partial charge in [0.25, 0.3) is 23.6 Å². The molecule has 0 unspecified atom stereocenters. The monoisotopic (exact) mass is 976 g/mol. The van der Waals surface area contributed by atoms with E-state index in [2.05, 4.69) is 95.6 Å². The van der Waals surface area contributed by atoms with Crippen LogP contribution in [0.4, 0.5) is 11.4 Å². The van der Waals surface area contributed by atoms with Crippen LogP contribution in [0.2, 0.25) is 0 Å². The molecule has 2 aliphatic heterocycles. The molecule has 0 bridgehead atoms. The third-order valence-electron chi connectivity index (χ3n) is 6.82. The molecule has 15 heteroatoms. The normalized spacial score (nSPS) is 14.6. The molecule has 0 saturated heterocycles. The number of sulfone groups is 1. The van der Waals surface area contributed by atoms with Gasteiger partial charge in [-0.2, -0.15) is 0 Å². The van der Waals surface area contributed by atoms with Crippen LogP contribution in [-0.4, -0.2) is 32.0 Å². The van der Waals surface area contributed by atoms with Gasteiger partial charge in [-0.1, -0.05) is 0 Å². The maximum absolute atomic E-state index is 13.7. The molecule has 2 heterocycles. The minimum atomic E-state index is -4.16. The molecule has 8 nitrogen and oxygen atoms in total. The van der Waals surface area contributed by atoms with Gasteiger partial charge in [0, 0.05) is 26.8 Å². The number of hydrogen-bond donors (Lipinski definition) is 0. The average molecular weight is 982 g/mol. The topological polar surface area (TPSA) is 109 Å². The second-order valence-electron chi connectivity index (χ2n) is 9.19. The highest BCUT2D eigenvalue weighted by Crippen LogP contribution is 2.41. The highest BCUT2D eigenvalue weighted by atomic mass is 79.9. The molecule has 6 rings (SSSR count). The Labute approximate surface area is 294 Å². The van der Waals surface area contributed by atoms with Crippen LogP contribution in [0.15, 0.2) is 97.3 Å². The number of halogens is 6. The Hall–Kier alpha value is -2.01. The smallest absolute Gasteiger partial charge is 0.267 e. The van der Waals surface area contributed by atoms with E-state index in [9.17, 15) is 27.6 Å². The molecule has 0 saturated carbocycles. The molecule has 2 aliphatic rings. The van der Waals surface area contributed by atoms with E-state index in [0.29, 0.717) is 17.9 Å². The number of carbonyl (C=O) groups is 4. The summed E-state index contributed by atoms with van der Waals surface area (Å²) in [4.78, 5) is 54.3. The molecule has 4 aromatic carbocycles. The lowest BCUT2D eigenvalue weighted by atomic mass is 10.1. The van der Waals surface area contributed by atoms with E-state index >= 15 is 0 Å². The summed E-state index contributed by atoms with van der Waals surface area (Å²) < 4.78 is 29.8. The zero-order valence-corrected chi connectivity index (χ0v) is 31.1. The maximum atomic E-state index is 13.7. The molecular weight excluding hydrogens is 972 g/mol. The zero-order chi connectivity index (χ0) is 31.1. The first-order valence-electron chi connectivity index (χ1n) is 11.8. The number of hydrogen-bond acceptors (Lipinski definition) is 6. The van der Waals surface area contributed by atoms with Gasteiger partial charge in [-0.15, -0.1) is 0 Å². The van der Waals surface area contributed by atoms with E-state index in [4.69, 9.17) is 0 Å². The number of rotatable bonds is 4. The Morgan fingerprint density at radius 1 is 0.465 bits per heavy atom. The van der Waals surface area contributed by atoms with Gasteiger partial charge in [0.1, 0.15) is 0 Å². The fraction of sp³-hybridized carbons (Fsp3) is 0. The van der Waals surface area contributed by atoms with Gasteiger partial charge in [0.2, 0.25) is 9.84 Å². The maximum Gasteiger partial charge on any atom is 0.267 e. The summed E-state index contributed by atoms with van der Waals surface area (Å²) in [5, 5.41) is 0. The van der Waals surface area contributed by atoms with Gasteiger partial charge in [-0.25, -0.2) is 18.2 Å². The van der Waals surface area contributed by atoms with E-state index < -0.39 is 33.5 Å². The molecule has 0 N–H and O–H groups in total. The van der Waals surface area contributed by atoms with Crippen LogP contribution in [0.3, 0.4) is 0 Å². The molecular formula is C28H10Br6N2O6S. The van der Waals surface area contributed by atoms with E-state index in [1.165, 1.54) is 36.4 Å². The lowest BCUT2D eigenvalue weighted by Gasteiger charge is -2.17. The Morgan fingerprint density at radius 3 is 1.19 bits per heavy atom. The van der Waals surface area contributed by atoms with Crippen molar-refractivity contribution in [2.45, 2.75) is 9.79 Å². The first-order chi connectivity index (χ1) is 20.2. The SMILES string of the molecule is O=C1c2ccc(Br)c(Br)c2C(=O)N1c1ccc(S(=O)(=O)c2ccc(N3C(=O)c4ccc(Br)c(Br)c4C3=O)cc2Br)c(Br)c1. The number of carbonyl (C=O) groups excluding carboxylic acids is 4. The van der Waals surface area contributed by atoms with Gasteiger partial charge < -0.3 is 0 Å². The average Bonchev–Trinajstić information content (AvgIpc) is 3.36. The van der Waals surface area contributed by atoms with Crippen LogP contribution in [0, 0.1) is 0 Å². The summed E-state index contributed by atoms with van der Waals surface area (Å²) in [5.41, 5.74) is 1.20. The van der Waals surface area contributed by atoms with E-state index in [1.54, 1.807) is 24.3 Å². The third-order valence-corrected chi connectivity index (χ3v) is 14.6. The molecule has 0 fully saturated rings. The summed E-state index contributed by atoms with van der Waals surface area (Å²) in [6.07, 6.45) is 0. The van der Waals surface area contributed by atoms with E-state index in [0.717, 1.165) is 9.80 Å². The van der Waals surface area contributed by atoms with E-state index in [1.807, 2.05) is 0 Å². The minimum Gasteiger partial charge on any atom is -0.268 e. The molecule has 216 valence electrons. The van der Waals surface area contributed by atoms with Crippen LogP contribution in [0.5, 0.6) is 0 Å². The van der Waals surface area contributed by atoms with Crippen LogP contribution in [0.1, 0.15) is 41.4 Å². The van der Waals surface area contributed by atoms with Gasteiger partial charge in [-0.3, -0.25) is 19.2 Å². The predicted molar refractivity (Wildman–Crippen MR) is 180 cm³/mol. The fourth-order valence-electron chi connectivity index (χ4n) is 4.81. The Bertz CT molecular complexity index is 1970. The highest BCUT2D eigenvalue weighted by molar-refractivity contribution is 9.13. The predicted octanol–water partition coefficient (Wildman–Crippen LogP) is 8.70. The molecule has 0 aromatic heterocycles. The van der Waals surface area contributed by atoms with Gasteiger partial charge in [-0.05, 0) is 156 Å². The van der Waals surface area contributed by atoms with Crippen molar-refractivity contribution in [3.05, 3.63) is 110 Å².